The Labute approximate surface area is 169 Å². The lowest BCUT2D eigenvalue weighted by Crippen LogP contribution is -2.28. The van der Waals surface area contributed by atoms with Gasteiger partial charge in [-0.3, -0.25) is 14.2 Å². The maximum Gasteiger partial charge on any atom is 0.316 e. The molecule has 0 saturated heterocycles. The minimum Gasteiger partial charge on any atom is -0.465 e. The number of nitrogen functional groups attached to an aromatic ring is 1. The van der Waals surface area contributed by atoms with Crippen molar-refractivity contribution in [2.45, 2.75) is 52.2 Å². The van der Waals surface area contributed by atoms with Crippen molar-refractivity contribution in [1.82, 2.24) is 14.8 Å². The highest BCUT2D eigenvalue weighted by Crippen LogP contribution is 2.28. The summed E-state index contributed by atoms with van der Waals surface area (Å²) in [6.07, 6.45) is 0.491. The van der Waals surface area contributed by atoms with Gasteiger partial charge in [-0.2, -0.15) is 0 Å². The van der Waals surface area contributed by atoms with E-state index in [1.165, 1.54) is 0 Å². The summed E-state index contributed by atoms with van der Waals surface area (Å²) in [5.41, 5.74) is 9.90. The minimum absolute atomic E-state index is 0.0696. The van der Waals surface area contributed by atoms with E-state index in [0.717, 1.165) is 34.1 Å². The fourth-order valence-corrected chi connectivity index (χ4v) is 3.86. The first-order valence-electron chi connectivity index (χ1n) is 9.15. The molecular formula is C19H27N5O3S. The maximum absolute atomic E-state index is 13.0. The molecule has 1 atom stereocenters. The summed E-state index contributed by atoms with van der Waals surface area (Å²) in [7, 11) is 0. The average molecular weight is 406 g/mol. The number of hydrogen-bond acceptors (Lipinski definition) is 7. The van der Waals surface area contributed by atoms with E-state index in [-0.39, 0.29) is 23.6 Å². The second kappa shape index (κ2) is 9.59. The van der Waals surface area contributed by atoms with Gasteiger partial charge in [0.1, 0.15) is 6.04 Å². The first-order valence-corrected chi connectivity index (χ1v) is 10.1. The van der Waals surface area contributed by atoms with Crippen molar-refractivity contribution in [3.8, 4) is 0 Å². The van der Waals surface area contributed by atoms with Crippen LogP contribution in [-0.4, -0.2) is 39.0 Å². The number of aryl methyl sites for hydroxylation is 3. The van der Waals surface area contributed by atoms with Crippen molar-refractivity contribution in [3.63, 3.8) is 0 Å². The molecule has 1 aromatic heterocycles. The van der Waals surface area contributed by atoms with Crippen molar-refractivity contribution in [2.24, 2.45) is 0 Å². The van der Waals surface area contributed by atoms with Gasteiger partial charge in [-0.15, -0.1) is 10.2 Å². The molecule has 2 aromatic rings. The van der Waals surface area contributed by atoms with Crippen LogP contribution < -0.4 is 11.1 Å². The number of benzene rings is 1. The summed E-state index contributed by atoms with van der Waals surface area (Å²) in [5, 5.41) is 11.3. The van der Waals surface area contributed by atoms with Gasteiger partial charge in [0.2, 0.25) is 11.9 Å². The maximum atomic E-state index is 13.0. The lowest BCUT2D eigenvalue weighted by atomic mass is 10.0. The van der Waals surface area contributed by atoms with Crippen molar-refractivity contribution >= 4 is 35.3 Å². The first-order chi connectivity index (χ1) is 13.3. The number of nitrogens with one attached hydrogen (secondary N) is 1. The van der Waals surface area contributed by atoms with Gasteiger partial charge < -0.3 is 15.8 Å². The fraction of sp³-hybridized carbons (Fsp3) is 0.474. The highest BCUT2D eigenvalue weighted by Gasteiger charge is 2.26. The molecule has 2 rings (SSSR count). The number of anilines is 2. The molecule has 28 heavy (non-hydrogen) atoms. The molecule has 0 bridgehead atoms. The van der Waals surface area contributed by atoms with Gasteiger partial charge in [0.15, 0.2) is 5.16 Å². The van der Waals surface area contributed by atoms with Crippen molar-refractivity contribution in [3.05, 3.63) is 28.8 Å². The molecule has 1 aromatic carbocycles. The number of hydrogen-bond donors (Lipinski definition) is 2. The van der Waals surface area contributed by atoms with Crippen molar-refractivity contribution in [2.75, 3.05) is 23.4 Å². The predicted molar refractivity (Wildman–Crippen MR) is 110 cm³/mol. The van der Waals surface area contributed by atoms with E-state index in [1.54, 1.807) is 11.5 Å². The SMILES string of the molecule is CCOC(=O)CSc1nnc(N)n1C(CC)C(=O)Nc1c(C)cc(C)cc1C. The van der Waals surface area contributed by atoms with Gasteiger partial charge in [-0.05, 0) is 45.2 Å². The van der Waals surface area contributed by atoms with Gasteiger partial charge >= 0.3 is 5.97 Å². The number of ether oxygens (including phenoxy) is 1. The molecular weight excluding hydrogens is 378 g/mol. The lowest BCUT2D eigenvalue weighted by Gasteiger charge is -2.20. The van der Waals surface area contributed by atoms with Gasteiger partial charge in [0, 0.05) is 5.69 Å². The van der Waals surface area contributed by atoms with Gasteiger partial charge in [-0.1, -0.05) is 36.4 Å². The number of thioether (sulfide) groups is 1. The Morgan fingerprint density at radius 3 is 2.43 bits per heavy atom. The Balaban J connectivity index is 2.24. The van der Waals surface area contributed by atoms with E-state index in [2.05, 4.69) is 15.5 Å². The van der Waals surface area contributed by atoms with Crippen LogP contribution in [-0.2, 0) is 14.3 Å². The third-order valence-corrected chi connectivity index (χ3v) is 5.16. The van der Waals surface area contributed by atoms with E-state index >= 15 is 0 Å². The molecule has 0 saturated carbocycles. The number of nitrogens with zero attached hydrogens (tertiary/aromatic N) is 3. The zero-order valence-corrected chi connectivity index (χ0v) is 17.7. The standard InChI is InChI=1S/C19H27N5O3S/c1-6-14(17(26)21-16-12(4)8-11(3)9-13(16)5)24-18(20)22-23-19(24)28-10-15(25)27-7-2/h8-9,14H,6-7,10H2,1-5H3,(H2,20,22)(H,21,26). The molecule has 3 N–H and O–H groups in total. The molecule has 9 heteroatoms. The zero-order chi connectivity index (χ0) is 20.8. The highest BCUT2D eigenvalue weighted by molar-refractivity contribution is 7.99. The van der Waals surface area contributed by atoms with Crippen LogP contribution in [0, 0.1) is 20.8 Å². The number of aromatic nitrogens is 3. The average Bonchev–Trinajstić information content (AvgIpc) is 2.98. The molecule has 0 aliphatic rings. The van der Waals surface area contributed by atoms with Crippen molar-refractivity contribution in [1.29, 1.82) is 0 Å². The van der Waals surface area contributed by atoms with E-state index in [9.17, 15) is 9.59 Å². The largest absolute Gasteiger partial charge is 0.465 e. The monoisotopic (exact) mass is 405 g/mol. The quantitative estimate of drug-likeness (QED) is 0.513. The lowest BCUT2D eigenvalue weighted by molar-refractivity contribution is -0.139. The van der Waals surface area contributed by atoms with Crippen LogP contribution in [0.4, 0.5) is 11.6 Å². The number of carbonyl (C=O) groups is 2. The van der Waals surface area contributed by atoms with Crippen LogP contribution in [0.2, 0.25) is 0 Å². The highest BCUT2D eigenvalue weighted by atomic mass is 32.2. The fourth-order valence-electron chi connectivity index (χ4n) is 3.07. The third kappa shape index (κ3) is 5.03. The third-order valence-electron chi connectivity index (χ3n) is 4.24. The Morgan fingerprint density at radius 2 is 1.86 bits per heavy atom. The van der Waals surface area contributed by atoms with Crippen LogP contribution in [0.3, 0.4) is 0 Å². The summed E-state index contributed by atoms with van der Waals surface area (Å²) >= 11 is 1.15. The van der Waals surface area contributed by atoms with Crippen LogP contribution >= 0.6 is 11.8 Å². The minimum atomic E-state index is -0.597. The number of esters is 1. The number of nitrogens with two attached hydrogens (primary N) is 1. The summed E-state index contributed by atoms with van der Waals surface area (Å²) in [6, 6.07) is 3.45. The summed E-state index contributed by atoms with van der Waals surface area (Å²) in [6.45, 7) is 9.89. The molecule has 0 radical (unpaired) electrons. The van der Waals surface area contributed by atoms with E-state index in [0.29, 0.717) is 18.2 Å². The van der Waals surface area contributed by atoms with E-state index in [1.807, 2.05) is 39.8 Å². The summed E-state index contributed by atoms with van der Waals surface area (Å²) in [4.78, 5) is 24.7. The predicted octanol–water partition coefficient (Wildman–Crippen LogP) is 3.03. The van der Waals surface area contributed by atoms with Crippen molar-refractivity contribution < 1.29 is 14.3 Å². The number of rotatable bonds is 8. The molecule has 0 fully saturated rings. The Hall–Kier alpha value is -2.55. The topological polar surface area (TPSA) is 112 Å². The van der Waals surface area contributed by atoms with Crippen LogP contribution in [0.15, 0.2) is 17.3 Å². The van der Waals surface area contributed by atoms with Gasteiger partial charge in [0.05, 0.1) is 12.4 Å². The smallest absolute Gasteiger partial charge is 0.316 e. The molecule has 0 aliphatic carbocycles. The Kier molecular flexibility index (Phi) is 7.45. The first kappa shape index (κ1) is 21.7. The molecule has 152 valence electrons. The second-order valence-electron chi connectivity index (χ2n) is 6.49. The Morgan fingerprint density at radius 1 is 1.21 bits per heavy atom. The van der Waals surface area contributed by atoms with Crippen LogP contribution in [0.25, 0.3) is 0 Å². The summed E-state index contributed by atoms with van der Waals surface area (Å²) in [5.74, 6) is -0.364. The molecule has 8 nitrogen and oxygen atoms in total. The van der Waals surface area contributed by atoms with Crippen LogP contribution in [0.1, 0.15) is 43.0 Å². The second-order valence-corrected chi connectivity index (χ2v) is 7.43. The normalized spacial score (nSPS) is 11.9. The molecule has 0 aliphatic heterocycles. The van der Waals surface area contributed by atoms with E-state index < -0.39 is 6.04 Å². The number of amides is 1. The van der Waals surface area contributed by atoms with Gasteiger partial charge in [0.25, 0.3) is 0 Å². The van der Waals surface area contributed by atoms with E-state index in [4.69, 9.17) is 10.5 Å². The Bertz CT molecular complexity index is 842. The zero-order valence-electron chi connectivity index (χ0n) is 16.9. The molecule has 0 spiro atoms. The summed E-state index contributed by atoms with van der Waals surface area (Å²) < 4.78 is 6.50. The molecule has 1 heterocycles. The molecule has 1 amide bonds. The number of carbonyl (C=O) groups excluding carboxylic acids is 2. The van der Waals surface area contributed by atoms with Gasteiger partial charge in [-0.25, -0.2) is 0 Å². The van der Waals surface area contributed by atoms with Crippen LogP contribution in [0.5, 0.6) is 0 Å². The molecule has 1 unspecified atom stereocenters.